The molecule has 0 unspecified atom stereocenters. The highest BCUT2D eigenvalue weighted by molar-refractivity contribution is 5.76. The van der Waals surface area contributed by atoms with Crippen LogP contribution in [0.1, 0.15) is 6.92 Å². The summed E-state index contributed by atoms with van der Waals surface area (Å²) < 4.78 is 4.37. The predicted molar refractivity (Wildman–Crippen MR) is 30.1 cm³/mol. The minimum Gasteiger partial charge on any atom is -0.448 e. The molecule has 0 bridgehead atoms. The maximum Gasteiger partial charge on any atom is 0.441 e. The Morgan fingerprint density at radius 1 is 2.00 bits per heavy atom. The lowest BCUT2D eigenvalue weighted by Crippen LogP contribution is -1.95. The molecule has 0 saturated heterocycles. The van der Waals surface area contributed by atoms with E-state index in [1.165, 1.54) is 0 Å². The number of carbonyl (C=O) groups is 1. The van der Waals surface area contributed by atoms with E-state index in [4.69, 9.17) is 0 Å². The van der Waals surface area contributed by atoms with E-state index in [0.717, 1.165) is 0 Å². The highest BCUT2D eigenvalue weighted by atomic mass is 16.5. The van der Waals surface area contributed by atoms with Crippen molar-refractivity contribution in [2.75, 3.05) is 6.61 Å². The van der Waals surface area contributed by atoms with Gasteiger partial charge in [0.1, 0.15) is 0 Å². The second-order valence-electron chi connectivity index (χ2n) is 0.969. The molecule has 0 fully saturated rings. The van der Waals surface area contributed by atoms with E-state index in [1.54, 1.807) is 6.92 Å². The summed E-state index contributed by atoms with van der Waals surface area (Å²) in [4.78, 5) is 13.2. The van der Waals surface area contributed by atoms with Gasteiger partial charge >= 0.3 is 6.09 Å². The summed E-state index contributed by atoms with van der Waals surface area (Å²) in [5.74, 6) is 2.05. The zero-order chi connectivity index (χ0) is 6.41. The van der Waals surface area contributed by atoms with Gasteiger partial charge in [0.05, 0.1) is 6.61 Å². The van der Waals surface area contributed by atoms with Gasteiger partial charge in [0.15, 0.2) is 0 Å². The molecule has 44 valence electrons. The van der Waals surface area contributed by atoms with Crippen LogP contribution < -0.4 is 0 Å². The molecule has 1 amide bonds. The van der Waals surface area contributed by atoms with Crippen molar-refractivity contribution in [1.29, 1.82) is 0 Å². The lowest BCUT2D eigenvalue weighted by molar-refractivity contribution is 0.164. The quantitative estimate of drug-likeness (QED) is 0.476. The molecule has 0 heterocycles. The molecule has 0 saturated carbocycles. The second-order valence-corrected chi connectivity index (χ2v) is 0.969. The summed E-state index contributed by atoms with van der Waals surface area (Å²) in [5.41, 5.74) is 0. The molecule has 0 aromatic heterocycles. The number of hydrogen-bond acceptors (Lipinski definition) is 2. The molecule has 0 aliphatic heterocycles. The predicted octanol–water partition coefficient (Wildman–Crippen LogP) is 0.999. The first-order valence-electron chi connectivity index (χ1n) is 2.20. The van der Waals surface area contributed by atoms with E-state index in [0.29, 0.717) is 6.61 Å². The summed E-state index contributed by atoms with van der Waals surface area (Å²) in [6.45, 7) is 5.13. The molecule has 0 atom stereocenters. The Hall–Kier alpha value is -1.08. The van der Waals surface area contributed by atoms with Gasteiger partial charge in [0, 0.05) is 0 Å². The third kappa shape index (κ3) is 3.12. The van der Waals surface area contributed by atoms with Gasteiger partial charge in [-0.2, -0.15) is 0 Å². The first-order valence-corrected chi connectivity index (χ1v) is 2.20. The number of amides is 1. The van der Waals surface area contributed by atoms with Gasteiger partial charge < -0.3 is 4.74 Å². The van der Waals surface area contributed by atoms with E-state index in [-0.39, 0.29) is 0 Å². The Labute approximate surface area is 47.7 Å². The first-order chi connectivity index (χ1) is 3.81. The number of rotatable bonds is 1. The molecule has 0 spiro atoms. The van der Waals surface area contributed by atoms with Gasteiger partial charge in [-0.25, -0.2) is 4.79 Å². The first kappa shape index (κ1) is 6.92. The number of aliphatic imine (C=N–C) groups is 1. The summed E-state index contributed by atoms with van der Waals surface area (Å²) in [6.07, 6.45) is -0.637. The fourth-order valence-corrected chi connectivity index (χ4v) is 0.220. The van der Waals surface area contributed by atoms with E-state index in [2.05, 4.69) is 22.2 Å². The fourth-order valence-electron chi connectivity index (χ4n) is 0.220. The third-order valence-corrected chi connectivity index (χ3v) is 0.438. The number of ether oxygens (including phenoxy) is 1. The molecule has 0 rings (SSSR count). The SMILES string of the molecule is C=C=NC(=O)OCC. The average molecular weight is 113 g/mol. The van der Waals surface area contributed by atoms with Crippen LogP contribution in [0.3, 0.4) is 0 Å². The van der Waals surface area contributed by atoms with E-state index in [9.17, 15) is 4.79 Å². The maximum atomic E-state index is 10.2. The number of hydrogen-bond donors (Lipinski definition) is 0. The summed E-state index contributed by atoms with van der Waals surface area (Å²) in [6, 6.07) is 0. The molecule has 0 aromatic carbocycles. The smallest absolute Gasteiger partial charge is 0.441 e. The van der Waals surface area contributed by atoms with Crippen molar-refractivity contribution in [2.45, 2.75) is 6.92 Å². The topological polar surface area (TPSA) is 38.7 Å². The van der Waals surface area contributed by atoms with Gasteiger partial charge in [0.25, 0.3) is 0 Å². The largest absolute Gasteiger partial charge is 0.448 e. The lowest BCUT2D eigenvalue weighted by Gasteiger charge is -1.89. The molecule has 8 heavy (non-hydrogen) atoms. The van der Waals surface area contributed by atoms with Gasteiger partial charge in [-0.15, -0.1) is 4.99 Å². The summed E-state index contributed by atoms with van der Waals surface area (Å²) in [7, 11) is 0. The maximum absolute atomic E-state index is 10.2. The highest BCUT2D eigenvalue weighted by Crippen LogP contribution is 1.78. The van der Waals surface area contributed by atoms with Crippen LogP contribution in [0, 0.1) is 0 Å². The van der Waals surface area contributed by atoms with Crippen LogP contribution >= 0.6 is 0 Å². The molecular weight excluding hydrogens is 106 g/mol. The van der Waals surface area contributed by atoms with Crippen LogP contribution in [0.15, 0.2) is 11.6 Å². The Balaban J connectivity index is 3.49. The van der Waals surface area contributed by atoms with Crippen molar-refractivity contribution in [3.63, 3.8) is 0 Å². The van der Waals surface area contributed by atoms with Crippen LogP contribution in [0.2, 0.25) is 0 Å². The van der Waals surface area contributed by atoms with Crippen molar-refractivity contribution >= 4 is 12.0 Å². The van der Waals surface area contributed by atoms with Crippen LogP contribution in [0.5, 0.6) is 0 Å². The summed E-state index contributed by atoms with van der Waals surface area (Å²) >= 11 is 0. The second kappa shape index (κ2) is 4.09. The Morgan fingerprint density at radius 2 is 2.62 bits per heavy atom. The van der Waals surface area contributed by atoms with Crippen LogP contribution in [0.4, 0.5) is 4.79 Å². The lowest BCUT2D eigenvalue weighted by atomic mass is 10.9. The number of carbonyl (C=O) groups excluding carboxylic acids is 1. The van der Waals surface area contributed by atoms with Crippen molar-refractivity contribution in [3.05, 3.63) is 6.58 Å². The Morgan fingerprint density at radius 3 is 3.00 bits per heavy atom. The van der Waals surface area contributed by atoms with Crippen molar-refractivity contribution in [2.24, 2.45) is 4.99 Å². The van der Waals surface area contributed by atoms with E-state index in [1.807, 2.05) is 0 Å². The van der Waals surface area contributed by atoms with Gasteiger partial charge in [-0.1, -0.05) is 0 Å². The monoisotopic (exact) mass is 113 g/mol. The number of nitrogens with zero attached hydrogens (tertiary/aromatic N) is 1. The Bertz CT molecular complexity index is 124. The Kier molecular flexibility index (Phi) is 3.54. The summed E-state index contributed by atoms with van der Waals surface area (Å²) in [5, 5.41) is 0. The molecule has 3 heteroatoms. The van der Waals surface area contributed by atoms with Crippen LogP contribution in [-0.4, -0.2) is 18.6 Å². The standard InChI is InChI=1S/C5H7NO2/c1-3-6-5(7)8-4-2/h1,4H2,2H3. The fraction of sp³-hybridized carbons (Fsp3) is 0.400. The van der Waals surface area contributed by atoms with Crippen molar-refractivity contribution < 1.29 is 9.53 Å². The van der Waals surface area contributed by atoms with Gasteiger partial charge in [0.2, 0.25) is 0 Å². The molecule has 3 nitrogen and oxygen atoms in total. The normalized spacial score (nSPS) is 7.12. The van der Waals surface area contributed by atoms with E-state index < -0.39 is 6.09 Å². The highest BCUT2D eigenvalue weighted by Gasteiger charge is 1.90. The minimum absolute atomic E-state index is 0.337. The molecular formula is C5H7NO2. The average Bonchev–Trinajstić information content (AvgIpc) is 1.68. The van der Waals surface area contributed by atoms with Gasteiger partial charge in [-0.3, -0.25) is 0 Å². The third-order valence-electron chi connectivity index (χ3n) is 0.438. The molecule has 0 aliphatic rings. The van der Waals surface area contributed by atoms with Crippen molar-refractivity contribution in [3.8, 4) is 0 Å². The minimum atomic E-state index is -0.637. The van der Waals surface area contributed by atoms with E-state index >= 15 is 0 Å². The van der Waals surface area contributed by atoms with Crippen LogP contribution in [0.25, 0.3) is 0 Å². The zero-order valence-corrected chi connectivity index (χ0v) is 4.68. The molecule has 0 aliphatic carbocycles. The molecule has 0 aromatic rings. The molecule has 0 radical (unpaired) electrons. The van der Waals surface area contributed by atoms with Gasteiger partial charge in [-0.05, 0) is 19.4 Å². The van der Waals surface area contributed by atoms with Crippen molar-refractivity contribution in [1.82, 2.24) is 0 Å². The van der Waals surface area contributed by atoms with Crippen LogP contribution in [-0.2, 0) is 4.74 Å². The zero-order valence-electron chi connectivity index (χ0n) is 4.68. The molecule has 0 N–H and O–H groups in total.